The predicted molar refractivity (Wildman–Crippen MR) is 127 cm³/mol. The number of hydrogen-bond acceptors (Lipinski definition) is 6. The van der Waals surface area contributed by atoms with Crippen LogP contribution in [0.2, 0.25) is 5.02 Å². The van der Waals surface area contributed by atoms with Crippen molar-refractivity contribution < 1.29 is 4.79 Å². The second-order valence-corrected chi connectivity index (χ2v) is 10.1. The molecule has 1 atom stereocenters. The molecule has 0 N–H and O–H groups in total. The molecule has 162 valence electrons. The lowest BCUT2D eigenvalue weighted by Crippen LogP contribution is -2.31. The molecule has 1 unspecified atom stereocenters. The number of likely N-dealkylation sites (tertiary alicyclic amines) is 1. The van der Waals surface area contributed by atoms with Gasteiger partial charge in [-0.3, -0.25) is 9.36 Å². The van der Waals surface area contributed by atoms with Gasteiger partial charge < -0.3 is 9.80 Å². The number of aromatic nitrogens is 3. The van der Waals surface area contributed by atoms with Crippen LogP contribution in [0.3, 0.4) is 0 Å². The van der Waals surface area contributed by atoms with Crippen molar-refractivity contribution >= 4 is 46.6 Å². The molecule has 2 fully saturated rings. The van der Waals surface area contributed by atoms with E-state index in [1.807, 2.05) is 33.7 Å². The van der Waals surface area contributed by atoms with Crippen LogP contribution in [0, 0.1) is 0 Å². The Labute approximate surface area is 195 Å². The maximum atomic E-state index is 13.1. The highest BCUT2D eigenvalue weighted by molar-refractivity contribution is 7.99. The van der Waals surface area contributed by atoms with Crippen LogP contribution in [0.25, 0.3) is 5.69 Å². The van der Waals surface area contributed by atoms with Gasteiger partial charge in [0, 0.05) is 24.5 Å². The van der Waals surface area contributed by atoms with Crippen LogP contribution in [-0.4, -0.2) is 51.0 Å². The monoisotopic (exact) mass is 473 g/mol. The molecule has 9 heteroatoms. The SMILES string of the molecule is O=C(CSc1nnc(N2CCCC2)n1-c1ccccc1Cl)N1CCCC1c1cccs1. The zero-order chi connectivity index (χ0) is 21.2. The Morgan fingerprint density at radius 1 is 1.10 bits per heavy atom. The smallest absolute Gasteiger partial charge is 0.233 e. The quantitative estimate of drug-likeness (QED) is 0.469. The third kappa shape index (κ3) is 4.21. The van der Waals surface area contributed by atoms with E-state index in [1.54, 1.807) is 11.3 Å². The average Bonchev–Trinajstić information content (AvgIpc) is 3.58. The summed E-state index contributed by atoms with van der Waals surface area (Å²) in [5, 5.41) is 12.4. The minimum atomic E-state index is 0.150. The second-order valence-electron chi connectivity index (χ2n) is 7.81. The second kappa shape index (κ2) is 9.22. The molecule has 0 spiro atoms. The molecular weight excluding hydrogens is 450 g/mol. The zero-order valence-electron chi connectivity index (χ0n) is 17.1. The summed E-state index contributed by atoms with van der Waals surface area (Å²) in [6, 6.07) is 12.1. The van der Waals surface area contributed by atoms with Crippen LogP contribution >= 0.6 is 34.7 Å². The summed E-state index contributed by atoms with van der Waals surface area (Å²) in [4.78, 5) is 18.7. The summed E-state index contributed by atoms with van der Waals surface area (Å²) >= 11 is 9.70. The number of rotatable bonds is 6. The lowest BCUT2D eigenvalue weighted by molar-refractivity contribution is -0.129. The van der Waals surface area contributed by atoms with Gasteiger partial charge in [-0.05, 0) is 49.3 Å². The van der Waals surface area contributed by atoms with Crippen LogP contribution in [0.4, 0.5) is 5.95 Å². The number of carbonyl (C=O) groups excluding carboxylic acids is 1. The van der Waals surface area contributed by atoms with Gasteiger partial charge in [0.2, 0.25) is 11.9 Å². The third-order valence-electron chi connectivity index (χ3n) is 5.87. The number of thiophene rings is 1. The Morgan fingerprint density at radius 3 is 2.71 bits per heavy atom. The maximum Gasteiger partial charge on any atom is 0.233 e. The summed E-state index contributed by atoms with van der Waals surface area (Å²) in [5.41, 5.74) is 0.851. The molecule has 2 saturated heterocycles. The number of thioether (sulfide) groups is 1. The van der Waals surface area contributed by atoms with Crippen LogP contribution < -0.4 is 4.90 Å². The van der Waals surface area contributed by atoms with Crippen molar-refractivity contribution in [2.75, 3.05) is 30.3 Å². The van der Waals surface area contributed by atoms with Crippen molar-refractivity contribution in [2.24, 2.45) is 0 Å². The molecule has 0 saturated carbocycles. The van der Waals surface area contributed by atoms with Crippen molar-refractivity contribution in [3.05, 3.63) is 51.7 Å². The summed E-state index contributed by atoms with van der Waals surface area (Å²) in [7, 11) is 0. The number of anilines is 1. The summed E-state index contributed by atoms with van der Waals surface area (Å²) in [6.45, 7) is 2.74. The number of halogens is 1. The van der Waals surface area contributed by atoms with E-state index in [-0.39, 0.29) is 11.9 Å². The number of amides is 1. The van der Waals surface area contributed by atoms with Crippen LogP contribution in [0.5, 0.6) is 0 Å². The summed E-state index contributed by atoms with van der Waals surface area (Å²) < 4.78 is 2.01. The Bertz CT molecular complexity index is 1050. The molecular formula is C22H24ClN5OS2. The normalized spacial score (nSPS) is 18.8. The first-order valence-corrected chi connectivity index (χ1v) is 12.9. The molecule has 2 aliphatic heterocycles. The average molecular weight is 474 g/mol. The lowest BCUT2D eigenvalue weighted by Gasteiger charge is -2.24. The molecule has 1 aromatic carbocycles. The highest BCUT2D eigenvalue weighted by Crippen LogP contribution is 2.36. The molecule has 3 aromatic rings. The van der Waals surface area contributed by atoms with Crippen molar-refractivity contribution in [3.63, 3.8) is 0 Å². The van der Waals surface area contributed by atoms with Gasteiger partial charge in [0.25, 0.3) is 0 Å². The van der Waals surface area contributed by atoms with Crippen LogP contribution in [0.15, 0.2) is 46.9 Å². The van der Waals surface area contributed by atoms with Gasteiger partial charge in [-0.25, -0.2) is 0 Å². The molecule has 2 aromatic heterocycles. The van der Waals surface area contributed by atoms with Gasteiger partial charge in [0.15, 0.2) is 5.16 Å². The van der Waals surface area contributed by atoms with E-state index in [1.165, 1.54) is 16.6 Å². The maximum absolute atomic E-state index is 13.1. The minimum absolute atomic E-state index is 0.150. The van der Waals surface area contributed by atoms with Gasteiger partial charge in [0.05, 0.1) is 22.5 Å². The number of para-hydroxylation sites is 1. The van der Waals surface area contributed by atoms with Gasteiger partial charge in [-0.1, -0.05) is 41.6 Å². The van der Waals surface area contributed by atoms with Crippen molar-refractivity contribution in [2.45, 2.75) is 36.9 Å². The lowest BCUT2D eigenvalue weighted by atomic mass is 10.2. The largest absolute Gasteiger partial charge is 0.341 e. The number of carbonyl (C=O) groups is 1. The first kappa shape index (κ1) is 20.8. The van der Waals surface area contributed by atoms with Crippen molar-refractivity contribution in [1.29, 1.82) is 0 Å². The standard InChI is InChI=1S/C22H24ClN5OS2/c23-16-7-1-2-8-17(16)28-21(26-11-3-4-12-26)24-25-22(28)31-15-20(29)27-13-5-9-18(27)19-10-6-14-30-19/h1-2,6-8,10,14,18H,3-5,9,11-13,15H2. The van der Waals surface area contributed by atoms with Crippen molar-refractivity contribution in [1.82, 2.24) is 19.7 Å². The number of hydrogen-bond donors (Lipinski definition) is 0. The minimum Gasteiger partial charge on any atom is -0.341 e. The summed E-state index contributed by atoms with van der Waals surface area (Å²) in [6.07, 6.45) is 4.38. The number of nitrogens with zero attached hydrogens (tertiary/aromatic N) is 5. The van der Waals surface area contributed by atoms with E-state index in [0.717, 1.165) is 57.0 Å². The topological polar surface area (TPSA) is 54.3 Å². The van der Waals surface area contributed by atoms with E-state index >= 15 is 0 Å². The van der Waals surface area contributed by atoms with Crippen LogP contribution in [-0.2, 0) is 4.79 Å². The van der Waals surface area contributed by atoms with E-state index in [0.29, 0.717) is 15.9 Å². The fraction of sp³-hybridized carbons (Fsp3) is 0.409. The van der Waals surface area contributed by atoms with E-state index in [2.05, 4.69) is 32.6 Å². The van der Waals surface area contributed by atoms with Crippen molar-refractivity contribution in [3.8, 4) is 5.69 Å². The molecule has 6 nitrogen and oxygen atoms in total. The molecule has 0 radical (unpaired) electrons. The Morgan fingerprint density at radius 2 is 1.94 bits per heavy atom. The fourth-order valence-corrected chi connectivity index (χ4v) is 6.29. The highest BCUT2D eigenvalue weighted by Gasteiger charge is 2.31. The fourth-order valence-electron chi connectivity index (χ4n) is 4.37. The highest BCUT2D eigenvalue weighted by atomic mass is 35.5. The summed E-state index contributed by atoms with van der Waals surface area (Å²) in [5.74, 6) is 1.29. The first-order chi connectivity index (χ1) is 15.2. The molecule has 4 heterocycles. The molecule has 1 amide bonds. The molecule has 0 bridgehead atoms. The van der Waals surface area contributed by atoms with Gasteiger partial charge in [0.1, 0.15) is 0 Å². The first-order valence-electron chi connectivity index (χ1n) is 10.6. The molecule has 2 aliphatic rings. The van der Waals surface area contributed by atoms with E-state index in [4.69, 9.17) is 11.6 Å². The molecule has 5 rings (SSSR count). The Kier molecular flexibility index (Phi) is 6.20. The van der Waals surface area contributed by atoms with E-state index in [9.17, 15) is 4.79 Å². The van der Waals surface area contributed by atoms with Gasteiger partial charge in [-0.2, -0.15) is 0 Å². The third-order valence-corrected chi connectivity index (χ3v) is 8.07. The van der Waals surface area contributed by atoms with Gasteiger partial charge >= 0.3 is 0 Å². The van der Waals surface area contributed by atoms with Gasteiger partial charge in [-0.15, -0.1) is 21.5 Å². The zero-order valence-corrected chi connectivity index (χ0v) is 19.5. The van der Waals surface area contributed by atoms with E-state index < -0.39 is 0 Å². The predicted octanol–water partition coefficient (Wildman–Crippen LogP) is 5.04. The Hall–Kier alpha value is -2.03. The Balaban J connectivity index is 1.38. The molecule has 0 aliphatic carbocycles. The molecule has 31 heavy (non-hydrogen) atoms. The van der Waals surface area contributed by atoms with Crippen LogP contribution in [0.1, 0.15) is 36.6 Å². The number of benzene rings is 1.